The molecule has 0 aliphatic heterocycles. The van der Waals surface area contributed by atoms with Crippen LogP contribution in [-0.4, -0.2) is 20.3 Å². The Balaban J connectivity index is 1.74. The standard InChI is InChI=1S/C21H27NO2/c1-15(21(2)12-10-18(23-3)11-13-21)22-17-8-9-19-16(14-17)6-5-7-20(19)24-4/h5-7,10-12,14-15,22H,8-9,13H2,1-4H3/t15-,21?/m1/s1. The van der Waals surface area contributed by atoms with Gasteiger partial charge in [-0.2, -0.15) is 0 Å². The van der Waals surface area contributed by atoms with E-state index in [0.717, 1.165) is 30.8 Å². The molecule has 2 aliphatic rings. The molecular formula is C21H27NO2. The molecule has 0 aromatic heterocycles. The second kappa shape index (κ2) is 6.76. The molecule has 128 valence electrons. The number of allylic oxidation sites excluding steroid dienone is 3. The van der Waals surface area contributed by atoms with E-state index in [2.05, 4.69) is 55.6 Å². The van der Waals surface area contributed by atoms with Gasteiger partial charge in [0, 0.05) is 22.7 Å². The quantitative estimate of drug-likeness (QED) is 0.867. The third-order valence-electron chi connectivity index (χ3n) is 5.36. The third-order valence-corrected chi connectivity index (χ3v) is 5.36. The van der Waals surface area contributed by atoms with E-state index in [4.69, 9.17) is 9.47 Å². The molecule has 1 N–H and O–H groups in total. The van der Waals surface area contributed by atoms with Crippen LogP contribution in [0.2, 0.25) is 0 Å². The Kier molecular flexibility index (Phi) is 4.70. The van der Waals surface area contributed by atoms with Gasteiger partial charge >= 0.3 is 0 Å². The van der Waals surface area contributed by atoms with Gasteiger partial charge in [0.05, 0.1) is 14.2 Å². The van der Waals surface area contributed by atoms with Crippen LogP contribution in [0.5, 0.6) is 5.75 Å². The highest BCUT2D eigenvalue weighted by molar-refractivity contribution is 5.62. The monoisotopic (exact) mass is 325 g/mol. The fourth-order valence-corrected chi connectivity index (χ4v) is 3.45. The fraction of sp³-hybridized carbons (Fsp3) is 0.429. The number of benzene rings is 1. The fourth-order valence-electron chi connectivity index (χ4n) is 3.45. The summed E-state index contributed by atoms with van der Waals surface area (Å²) in [5.41, 5.74) is 3.98. The smallest absolute Gasteiger partial charge is 0.122 e. The third kappa shape index (κ3) is 3.21. The Bertz CT molecular complexity index is 702. The van der Waals surface area contributed by atoms with Crippen LogP contribution < -0.4 is 10.1 Å². The number of ether oxygens (including phenoxy) is 2. The lowest BCUT2D eigenvalue weighted by Gasteiger charge is -2.36. The van der Waals surface area contributed by atoms with Crippen molar-refractivity contribution in [2.45, 2.75) is 39.2 Å². The first-order valence-electron chi connectivity index (χ1n) is 8.62. The van der Waals surface area contributed by atoms with Gasteiger partial charge in [0.1, 0.15) is 11.5 Å². The van der Waals surface area contributed by atoms with Crippen LogP contribution in [0.1, 0.15) is 37.8 Å². The van der Waals surface area contributed by atoms with Crippen LogP contribution in [0.3, 0.4) is 0 Å². The molecule has 0 bridgehead atoms. The van der Waals surface area contributed by atoms with Crippen molar-refractivity contribution in [1.29, 1.82) is 0 Å². The lowest BCUT2D eigenvalue weighted by molar-refractivity contribution is 0.275. The SMILES string of the molecule is COC1=CCC(C)([C@@H](C)NC2=Cc3cccc(OC)c3CC2)C=C1. The number of hydrogen-bond acceptors (Lipinski definition) is 3. The summed E-state index contributed by atoms with van der Waals surface area (Å²) in [6, 6.07) is 6.62. The van der Waals surface area contributed by atoms with Gasteiger partial charge in [0.2, 0.25) is 0 Å². The average molecular weight is 325 g/mol. The van der Waals surface area contributed by atoms with Crippen molar-refractivity contribution in [2.75, 3.05) is 14.2 Å². The molecule has 0 heterocycles. The largest absolute Gasteiger partial charge is 0.497 e. The number of hydrogen-bond donors (Lipinski definition) is 1. The van der Waals surface area contributed by atoms with Crippen molar-refractivity contribution >= 4 is 6.08 Å². The Hall–Kier alpha value is -2.16. The minimum absolute atomic E-state index is 0.0948. The van der Waals surface area contributed by atoms with Gasteiger partial charge in [-0.1, -0.05) is 25.1 Å². The lowest BCUT2D eigenvalue weighted by atomic mass is 9.77. The van der Waals surface area contributed by atoms with Crippen LogP contribution in [-0.2, 0) is 11.2 Å². The average Bonchev–Trinajstić information content (AvgIpc) is 2.61. The van der Waals surface area contributed by atoms with E-state index in [-0.39, 0.29) is 5.41 Å². The molecule has 24 heavy (non-hydrogen) atoms. The van der Waals surface area contributed by atoms with Gasteiger partial charge in [0.15, 0.2) is 0 Å². The van der Waals surface area contributed by atoms with Crippen LogP contribution in [0.15, 0.2) is 47.9 Å². The molecule has 3 rings (SSSR count). The van der Waals surface area contributed by atoms with E-state index in [0.29, 0.717) is 6.04 Å². The van der Waals surface area contributed by atoms with Gasteiger partial charge in [-0.15, -0.1) is 0 Å². The molecule has 0 fully saturated rings. The zero-order valence-corrected chi connectivity index (χ0v) is 15.1. The maximum atomic E-state index is 5.48. The molecule has 0 saturated carbocycles. The zero-order chi connectivity index (χ0) is 17.2. The maximum absolute atomic E-state index is 5.48. The second-order valence-corrected chi connectivity index (χ2v) is 6.92. The summed E-state index contributed by atoms with van der Waals surface area (Å²) >= 11 is 0. The Morgan fingerprint density at radius 2 is 2.00 bits per heavy atom. The van der Waals surface area contributed by atoms with Crippen LogP contribution in [0.25, 0.3) is 6.08 Å². The van der Waals surface area contributed by atoms with Crippen LogP contribution >= 0.6 is 0 Å². The van der Waals surface area contributed by atoms with E-state index >= 15 is 0 Å². The molecule has 1 unspecified atom stereocenters. The molecular weight excluding hydrogens is 298 g/mol. The number of fused-ring (bicyclic) bond motifs is 1. The molecule has 0 radical (unpaired) electrons. The first-order valence-corrected chi connectivity index (χ1v) is 8.62. The van der Waals surface area contributed by atoms with Crippen molar-refractivity contribution < 1.29 is 9.47 Å². The highest BCUT2D eigenvalue weighted by atomic mass is 16.5. The van der Waals surface area contributed by atoms with Crippen LogP contribution in [0, 0.1) is 5.41 Å². The topological polar surface area (TPSA) is 30.5 Å². The number of nitrogens with one attached hydrogen (secondary N) is 1. The summed E-state index contributed by atoms with van der Waals surface area (Å²) in [6.07, 6.45) is 11.8. The second-order valence-electron chi connectivity index (χ2n) is 6.92. The van der Waals surface area contributed by atoms with E-state index in [1.807, 2.05) is 6.07 Å². The lowest BCUT2D eigenvalue weighted by Crippen LogP contribution is -2.40. The predicted octanol–water partition coefficient (Wildman–Crippen LogP) is 4.46. The molecule has 0 spiro atoms. The Morgan fingerprint density at radius 3 is 2.67 bits per heavy atom. The maximum Gasteiger partial charge on any atom is 0.122 e. The van der Waals surface area contributed by atoms with Crippen molar-refractivity contribution in [2.24, 2.45) is 5.41 Å². The summed E-state index contributed by atoms with van der Waals surface area (Å²) in [6.45, 7) is 4.56. The summed E-state index contributed by atoms with van der Waals surface area (Å²) in [5, 5.41) is 3.74. The van der Waals surface area contributed by atoms with Gasteiger partial charge in [-0.25, -0.2) is 0 Å². The summed E-state index contributed by atoms with van der Waals surface area (Å²) in [7, 11) is 3.46. The van der Waals surface area contributed by atoms with Crippen molar-refractivity contribution in [3.63, 3.8) is 0 Å². The summed E-state index contributed by atoms with van der Waals surface area (Å²) in [4.78, 5) is 0. The minimum Gasteiger partial charge on any atom is -0.497 e. The molecule has 0 amide bonds. The van der Waals surface area contributed by atoms with E-state index in [1.165, 1.54) is 16.8 Å². The van der Waals surface area contributed by atoms with Gasteiger partial charge in [-0.3, -0.25) is 0 Å². The predicted molar refractivity (Wildman–Crippen MR) is 98.8 cm³/mol. The normalized spacial score (nSPS) is 23.7. The molecule has 3 heteroatoms. The van der Waals surface area contributed by atoms with Crippen LogP contribution in [0.4, 0.5) is 0 Å². The molecule has 2 aliphatic carbocycles. The van der Waals surface area contributed by atoms with Crippen molar-refractivity contribution in [1.82, 2.24) is 5.32 Å². The Morgan fingerprint density at radius 1 is 1.17 bits per heavy atom. The highest BCUT2D eigenvalue weighted by Gasteiger charge is 2.30. The van der Waals surface area contributed by atoms with Gasteiger partial charge in [-0.05, 0) is 56.0 Å². The summed E-state index contributed by atoms with van der Waals surface area (Å²) < 4.78 is 10.8. The number of methoxy groups -OCH3 is 2. The zero-order valence-electron chi connectivity index (χ0n) is 15.1. The first kappa shape index (κ1) is 16.7. The van der Waals surface area contributed by atoms with Gasteiger partial charge < -0.3 is 14.8 Å². The molecule has 3 nitrogen and oxygen atoms in total. The Labute approximate surface area is 145 Å². The molecule has 0 saturated heterocycles. The number of rotatable bonds is 5. The summed E-state index contributed by atoms with van der Waals surface area (Å²) in [5.74, 6) is 1.95. The highest BCUT2D eigenvalue weighted by Crippen LogP contribution is 2.35. The van der Waals surface area contributed by atoms with Gasteiger partial charge in [0.25, 0.3) is 0 Å². The first-order chi connectivity index (χ1) is 11.6. The van der Waals surface area contributed by atoms with Crippen molar-refractivity contribution in [3.05, 3.63) is 59.0 Å². The van der Waals surface area contributed by atoms with E-state index < -0.39 is 0 Å². The van der Waals surface area contributed by atoms with E-state index in [1.54, 1.807) is 14.2 Å². The van der Waals surface area contributed by atoms with Crippen molar-refractivity contribution in [3.8, 4) is 5.75 Å². The molecule has 1 aromatic rings. The van der Waals surface area contributed by atoms with E-state index in [9.17, 15) is 0 Å². The minimum atomic E-state index is 0.0948. The molecule has 1 aromatic carbocycles. The molecule has 2 atom stereocenters.